The number of carbonyl (C=O) groups excluding carboxylic acids is 2. The van der Waals surface area contributed by atoms with Crippen LogP contribution in [0.3, 0.4) is 0 Å². The first-order valence-electron chi connectivity index (χ1n) is 7.66. The molecule has 25 heavy (non-hydrogen) atoms. The third kappa shape index (κ3) is 3.65. The smallest absolute Gasteiger partial charge is 0.340 e. The molecule has 1 amide bonds. The summed E-state index contributed by atoms with van der Waals surface area (Å²) >= 11 is 0. The Bertz CT molecular complexity index is 936. The molecule has 3 rings (SSSR count). The molecule has 1 N–H and O–H groups in total. The van der Waals surface area contributed by atoms with E-state index in [-0.39, 0.29) is 17.9 Å². The van der Waals surface area contributed by atoms with E-state index in [0.717, 1.165) is 17.1 Å². The molecule has 0 aliphatic rings. The standard InChI is InChI=1S/C18H16FN3O3/c1-25-18(24)13-10-12(6-7-14(13)19)21-17(23)8-9-22-11-20-15-4-2-3-5-16(15)22/h2-7,10-11H,8-9H2,1H3,(H,21,23). The van der Waals surface area contributed by atoms with E-state index in [0.29, 0.717) is 12.2 Å². The molecule has 0 radical (unpaired) electrons. The third-order valence-electron chi connectivity index (χ3n) is 3.76. The van der Waals surface area contributed by atoms with Crippen LogP contribution in [0, 0.1) is 5.82 Å². The number of carbonyl (C=O) groups is 2. The van der Waals surface area contributed by atoms with Crippen molar-refractivity contribution in [1.29, 1.82) is 0 Å². The van der Waals surface area contributed by atoms with Gasteiger partial charge in [-0.2, -0.15) is 0 Å². The first-order chi connectivity index (χ1) is 12.1. The van der Waals surface area contributed by atoms with Crippen molar-refractivity contribution in [2.75, 3.05) is 12.4 Å². The number of ether oxygens (including phenoxy) is 1. The van der Waals surface area contributed by atoms with Gasteiger partial charge < -0.3 is 14.6 Å². The number of nitrogens with one attached hydrogen (secondary N) is 1. The van der Waals surface area contributed by atoms with E-state index in [1.165, 1.54) is 19.2 Å². The lowest BCUT2D eigenvalue weighted by Crippen LogP contribution is -2.15. The number of esters is 1. The van der Waals surface area contributed by atoms with Gasteiger partial charge in [0.1, 0.15) is 5.82 Å². The summed E-state index contributed by atoms with van der Waals surface area (Å²) in [5.41, 5.74) is 1.93. The maximum atomic E-state index is 13.6. The Morgan fingerprint density at radius 2 is 2.04 bits per heavy atom. The van der Waals surface area contributed by atoms with Crippen molar-refractivity contribution in [3.05, 3.63) is 60.2 Å². The van der Waals surface area contributed by atoms with Gasteiger partial charge in [-0.25, -0.2) is 14.2 Å². The number of hydrogen-bond donors (Lipinski definition) is 1. The molecule has 1 aromatic heterocycles. The van der Waals surface area contributed by atoms with Crippen molar-refractivity contribution in [3.63, 3.8) is 0 Å². The Morgan fingerprint density at radius 1 is 1.24 bits per heavy atom. The van der Waals surface area contributed by atoms with Gasteiger partial charge in [-0.1, -0.05) is 12.1 Å². The number of aromatic nitrogens is 2. The van der Waals surface area contributed by atoms with Gasteiger partial charge in [-0.3, -0.25) is 4.79 Å². The third-order valence-corrected chi connectivity index (χ3v) is 3.76. The highest BCUT2D eigenvalue weighted by molar-refractivity contribution is 5.94. The Labute approximate surface area is 143 Å². The molecule has 0 aliphatic heterocycles. The SMILES string of the molecule is COC(=O)c1cc(NC(=O)CCn2cnc3ccccc32)ccc1F. The molecule has 0 unspecified atom stereocenters. The highest BCUT2D eigenvalue weighted by Crippen LogP contribution is 2.17. The second-order valence-corrected chi connectivity index (χ2v) is 5.41. The number of fused-ring (bicyclic) bond motifs is 1. The van der Waals surface area contributed by atoms with Crippen LogP contribution in [0.5, 0.6) is 0 Å². The lowest BCUT2D eigenvalue weighted by atomic mass is 10.2. The number of aryl methyl sites for hydroxylation is 1. The van der Waals surface area contributed by atoms with Gasteiger partial charge in [0.2, 0.25) is 5.91 Å². The van der Waals surface area contributed by atoms with Gasteiger partial charge in [-0.15, -0.1) is 0 Å². The molecule has 7 heteroatoms. The van der Waals surface area contributed by atoms with Crippen molar-refractivity contribution in [2.24, 2.45) is 0 Å². The largest absolute Gasteiger partial charge is 0.465 e. The maximum absolute atomic E-state index is 13.6. The van der Waals surface area contributed by atoms with Crippen LogP contribution in [-0.4, -0.2) is 28.5 Å². The summed E-state index contributed by atoms with van der Waals surface area (Å²) in [5.74, 6) is -1.74. The van der Waals surface area contributed by atoms with Crippen molar-refractivity contribution >= 4 is 28.6 Å². The average Bonchev–Trinajstić information content (AvgIpc) is 3.04. The van der Waals surface area contributed by atoms with E-state index in [1.807, 2.05) is 28.8 Å². The molecule has 1 heterocycles. The Morgan fingerprint density at radius 3 is 2.84 bits per heavy atom. The summed E-state index contributed by atoms with van der Waals surface area (Å²) in [6, 6.07) is 11.4. The maximum Gasteiger partial charge on any atom is 0.340 e. The molecule has 2 aromatic carbocycles. The molecule has 0 saturated heterocycles. The van der Waals surface area contributed by atoms with Crippen LogP contribution in [0.15, 0.2) is 48.8 Å². The fraction of sp³-hybridized carbons (Fsp3) is 0.167. The summed E-state index contributed by atoms with van der Waals surface area (Å²) < 4.78 is 20.0. The van der Waals surface area contributed by atoms with Crippen molar-refractivity contribution in [1.82, 2.24) is 9.55 Å². The zero-order valence-corrected chi connectivity index (χ0v) is 13.5. The Kier molecular flexibility index (Phi) is 4.74. The number of amides is 1. The van der Waals surface area contributed by atoms with Crippen LogP contribution in [0.1, 0.15) is 16.8 Å². The van der Waals surface area contributed by atoms with E-state index < -0.39 is 11.8 Å². The minimum atomic E-state index is -0.793. The lowest BCUT2D eigenvalue weighted by molar-refractivity contribution is -0.116. The van der Waals surface area contributed by atoms with Crippen LogP contribution in [0.25, 0.3) is 11.0 Å². The van der Waals surface area contributed by atoms with Crippen LogP contribution >= 0.6 is 0 Å². The second kappa shape index (κ2) is 7.12. The molecular formula is C18H16FN3O3. The minimum absolute atomic E-state index is 0.214. The van der Waals surface area contributed by atoms with Crippen molar-refractivity contribution in [3.8, 4) is 0 Å². The average molecular weight is 341 g/mol. The van der Waals surface area contributed by atoms with Gasteiger partial charge in [0.15, 0.2) is 0 Å². The summed E-state index contributed by atoms with van der Waals surface area (Å²) in [7, 11) is 1.17. The Hall–Kier alpha value is -3.22. The topological polar surface area (TPSA) is 73.2 Å². The summed E-state index contributed by atoms with van der Waals surface area (Å²) in [5, 5.41) is 2.65. The summed E-state index contributed by atoms with van der Waals surface area (Å²) in [6.07, 6.45) is 1.90. The molecule has 0 bridgehead atoms. The predicted molar refractivity (Wildman–Crippen MR) is 90.7 cm³/mol. The minimum Gasteiger partial charge on any atom is -0.465 e. The predicted octanol–water partition coefficient (Wildman–Crippen LogP) is 2.99. The summed E-state index contributed by atoms with van der Waals surface area (Å²) in [4.78, 5) is 27.9. The summed E-state index contributed by atoms with van der Waals surface area (Å²) in [6.45, 7) is 0.456. The fourth-order valence-corrected chi connectivity index (χ4v) is 2.50. The number of benzene rings is 2. The quantitative estimate of drug-likeness (QED) is 0.724. The molecule has 0 atom stereocenters. The fourth-order valence-electron chi connectivity index (χ4n) is 2.50. The second-order valence-electron chi connectivity index (χ2n) is 5.41. The van der Waals surface area contributed by atoms with E-state index in [4.69, 9.17) is 0 Å². The van der Waals surface area contributed by atoms with E-state index in [1.54, 1.807) is 6.33 Å². The molecule has 0 saturated carbocycles. The zero-order valence-electron chi connectivity index (χ0n) is 13.5. The number of rotatable bonds is 5. The number of halogens is 1. The number of nitrogens with zero attached hydrogens (tertiary/aromatic N) is 2. The van der Waals surface area contributed by atoms with E-state index in [2.05, 4.69) is 15.0 Å². The molecule has 6 nitrogen and oxygen atoms in total. The number of hydrogen-bond acceptors (Lipinski definition) is 4. The number of imidazole rings is 1. The monoisotopic (exact) mass is 341 g/mol. The molecule has 0 fully saturated rings. The van der Waals surface area contributed by atoms with Crippen LogP contribution in [0.2, 0.25) is 0 Å². The highest BCUT2D eigenvalue weighted by Gasteiger charge is 2.14. The van der Waals surface area contributed by atoms with Gasteiger partial charge in [-0.05, 0) is 30.3 Å². The number of methoxy groups -OCH3 is 1. The van der Waals surface area contributed by atoms with Crippen molar-refractivity contribution in [2.45, 2.75) is 13.0 Å². The van der Waals surface area contributed by atoms with Gasteiger partial charge in [0.25, 0.3) is 0 Å². The van der Waals surface area contributed by atoms with Crippen LogP contribution in [-0.2, 0) is 16.1 Å². The molecule has 128 valence electrons. The molecule has 3 aromatic rings. The first kappa shape index (κ1) is 16.6. The van der Waals surface area contributed by atoms with Gasteiger partial charge >= 0.3 is 5.97 Å². The number of anilines is 1. The van der Waals surface area contributed by atoms with E-state index in [9.17, 15) is 14.0 Å². The van der Waals surface area contributed by atoms with Gasteiger partial charge in [0.05, 0.1) is 30.0 Å². The normalized spacial score (nSPS) is 10.6. The molecule has 0 aliphatic carbocycles. The zero-order chi connectivity index (χ0) is 17.8. The first-order valence-corrected chi connectivity index (χ1v) is 7.66. The highest BCUT2D eigenvalue weighted by atomic mass is 19.1. The molecule has 0 spiro atoms. The molecular weight excluding hydrogens is 325 g/mol. The Balaban J connectivity index is 1.66. The number of para-hydroxylation sites is 2. The van der Waals surface area contributed by atoms with Crippen LogP contribution in [0.4, 0.5) is 10.1 Å². The van der Waals surface area contributed by atoms with E-state index >= 15 is 0 Å². The van der Waals surface area contributed by atoms with Gasteiger partial charge in [0, 0.05) is 18.7 Å². The van der Waals surface area contributed by atoms with Crippen molar-refractivity contribution < 1.29 is 18.7 Å². The lowest BCUT2D eigenvalue weighted by Gasteiger charge is -2.08. The van der Waals surface area contributed by atoms with Crippen LogP contribution < -0.4 is 5.32 Å².